The maximum Gasteiger partial charge on any atom is 0.0500 e. The number of hydrogen-bond donors (Lipinski definition) is 2. The van der Waals surface area contributed by atoms with Crippen molar-refractivity contribution in [2.75, 3.05) is 0 Å². The molecule has 0 fully saturated rings. The molecule has 1 unspecified atom stereocenters. The second-order valence-electron chi connectivity index (χ2n) is 4.52. The zero-order chi connectivity index (χ0) is 13.8. The minimum atomic E-state index is 0.0101. The summed E-state index contributed by atoms with van der Waals surface area (Å²) in [6.07, 6.45) is 0.733. The van der Waals surface area contributed by atoms with Crippen LogP contribution in [0.1, 0.15) is 22.7 Å². The van der Waals surface area contributed by atoms with Gasteiger partial charge in [-0.1, -0.05) is 53.5 Å². The number of hydrogen-bond acceptors (Lipinski definition) is 2. The summed E-state index contributed by atoms with van der Waals surface area (Å²) in [6.45, 7) is 1.98. The van der Waals surface area contributed by atoms with E-state index in [0.29, 0.717) is 0 Å². The fraction of sp³-hybridized carbons (Fsp3) is 0.200. The van der Waals surface area contributed by atoms with Crippen LogP contribution in [-0.2, 0) is 6.42 Å². The highest BCUT2D eigenvalue weighted by molar-refractivity contribution is 6.31. The van der Waals surface area contributed by atoms with Crippen molar-refractivity contribution in [2.24, 2.45) is 5.84 Å². The van der Waals surface area contributed by atoms with Gasteiger partial charge in [0.25, 0.3) is 0 Å². The molecule has 100 valence electrons. The van der Waals surface area contributed by atoms with E-state index in [1.165, 1.54) is 0 Å². The maximum atomic E-state index is 6.18. The van der Waals surface area contributed by atoms with Crippen LogP contribution in [0.25, 0.3) is 0 Å². The molecule has 0 aliphatic rings. The van der Waals surface area contributed by atoms with E-state index in [1.807, 2.05) is 49.4 Å². The summed E-state index contributed by atoms with van der Waals surface area (Å²) in [4.78, 5) is 0. The van der Waals surface area contributed by atoms with Crippen molar-refractivity contribution in [3.8, 4) is 0 Å². The van der Waals surface area contributed by atoms with Crippen molar-refractivity contribution >= 4 is 23.2 Å². The second kappa shape index (κ2) is 6.40. The van der Waals surface area contributed by atoms with Gasteiger partial charge in [-0.05, 0) is 42.2 Å². The summed E-state index contributed by atoms with van der Waals surface area (Å²) in [5.41, 5.74) is 6.05. The van der Waals surface area contributed by atoms with Crippen molar-refractivity contribution in [2.45, 2.75) is 19.4 Å². The number of halogens is 2. The molecule has 0 aliphatic carbocycles. The number of rotatable bonds is 4. The van der Waals surface area contributed by atoms with Crippen LogP contribution in [0.3, 0.4) is 0 Å². The third kappa shape index (κ3) is 3.48. The first-order chi connectivity index (χ1) is 9.11. The minimum Gasteiger partial charge on any atom is -0.271 e. The van der Waals surface area contributed by atoms with Crippen LogP contribution in [0.2, 0.25) is 10.0 Å². The van der Waals surface area contributed by atoms with Gasteiger partial charge in [-0.25, -0.2) is 0 Å². The summed E-state index contributed by atoms with van der Waals surface area (Å²) in [7, 11) is 0. The number of aryl methyl sites for hydroxylation is 1. The van der Waals surface area contributed by atoms with Gasteiger partial charge in [0.05, 0.1) is 6.04 Å². The smallest absolute Gasteiger partial charge is 0.0500 e. The van der Waals surface area contributed by atoms with Gasteiger partial charge in [0.15, 0.2) is 0 Å². The van der Waals surface area contributed by atoms with Gasteiger partial charge in [-0.15, -0.1) is 0 Å². The highest BCUT2D eigenvalue weighted by Crippen LogP contribution is 2.25. The van der Waals surface area contributed by atoms with E-state index >= 15 is 0 Å². The van der Waals surface area contributed by atoms with E-state index in [-0.39, 0.29) is 6.04 Å². The average molecular weight is 295 g/mol. The predicted molar refractivity (Wildman–Crippen MR) is 81.4 cm³/mol. The van der Waals surface area contributed by atoms with Gasteiger partial charge < -0.3 is 0 Å². The number of nitrogens with one attached hydrogen (secondary N) is 1. The molecule has 0 amide bonds. The van der Waals surface area contributed by atoms with Crippen LogP contribution >= 0.6 is 23.2 Å². The first-order valence-electron chi connectivity index (χ1n) is 6.07. The Morgan fingerprint density at radius 3 is 2.47 bits per heavy atom. The molecule has 2 rings (SSSR count). The molecule has 0 saturated heterocycles. The SMILES string of the molecule is Cc1cc(C(Cc2ccccc2Cl)NN)ccc1Cl. The van der Waals surface area contributed by atoms with Crippen molar-refractivity contribution in [3.63, 3.8) is 0 Å². The molecule has 0 aromatic heterocycles. The van der Waals surface area contributed by atoms with E-state index < -0.39 is 0 Å². The molecule has 2 aromatic rings. The maximum absolute atomic E-state index is 6.18. The first kappa shape index (κ1) is 14.4. The third-order valence-corrected chi connectivity index (χ3v) is 3.96. The standard InChI is InChI=1S/C15H16Cl2N2/c1-10-8-12(6-7-13(10)16)15(19-18)9-11-4-2-3-5-14(11)17/h2-8,15,19H,9,18H2,1H3. The molecule has 0 saturated carbocycles. The Bertz CT molecular complexity index is 570. The van der Waals surface area contributed by atoms with Crippen LogP contribution in [0, 0.1) is 6.92 Å². The Balaban J connectivity index is 2.25. The third-order valence-electron chi connectivity index (χ3n) is 3.17. The lowest BCUT2D eigenvalue weighted by molar-refractivity contribution is 0.552. The van der Waals surface area contributed by atoms with E-state index in [2.05, 4.69) is 5.43 Å². The minimum absolute atomic E-state index is 0.0101. The normalized spacial score (nSPS) is 12.4. The Morgan fingerprint density at radius 1 is 1.11 bits per heavy atom. The molecule has 0 spiro atoms. The van der Waals surface area contributed by atoms with Crippen molar-refractivity contribution in [1.82, 2.24) is 5.43 Å². The number of nitrogens with two attached hydrogens (primary N) is 1. The van der Waals surface area contributed by atoms with Crippen molar-refractivity contribution < 1.29 is 0 Å². The summed E-state index contributed by atoms with van der Waals surface area (Å²) >= 11 is 12.2. The second-order valence-corrected chi connectivity index (χ2v) is 5.34. The molecule has 19 heavy (non-hydrogen) atoms. The molecule has 0 heterocycles. The van der Waals surface area contributed by atoms with Gasteiger partial charge in [0.1, 0.15) is 0 Å². The van der Waals surface area contributed by atoms with Crippen molar-refractivity contribution in [3.05, 3.63) is 69.2 Å². The lowest BCUT2D eigenvalue weighted by Crippen LogP contribution is -2.29. The highest BCUT2D eigenvalue weighted by atomic mass is 35.5. The van der Waals surface area contributed by atoms with Crippen LogP contribution in [0.4, 0.5) is 0 Å². The van der Waals surface area contributed by atoms with E-state index in [0.717, 1.165) is 33.2 Å². The zero-order valence-corrected chi connectivity index (χ0v) is 12.2. The highest BCUT2D eigenvalue weighted by Gasteiger charge is 2.13. The number of hydrazine groups is 1. The Kier molecular flexibility index (Phi) is 4.83. The van der Waals surface area contributed by atoms with Crippen LogP contribution in [0.15, 0.2) is 42.5 Å². The molecule has 2 aromatic carbocycles. The molecule has 0 aliphatic heterocycles. The Labute approximate surface area is 123 Å². The van der Waals surface area contributed by atoms with Crippen LogP contribution < -0.4 is 11.3 Å². The lowest BCUT2D eigenvalue weighted by atomic mass is 9.98. The molecular formula is C15H16Cl2N2. The van der Waals surface area contributed by atoms with E-state index in [9.17, 15) is 0 Å². The van der Waals surface area contributed by atoms with Gasteiger partial charge in [-0.2, -0.15) is 0 Å². The van der Waals surface area contributed by atoms with Gasteiger partial charge in [0.2, 0.25) is 0 Å². The predicted octanol–water partition coefficient (Wildman–Crippen LogP) is 4.05. The molecule has 3 N–H and O–H groups in total. The fourth-order valence-corrected chi connectivity index (χ4v) is 2.37. The van der Waals surface area contributed by atoms with Gasteiger partial charge >= 0.3 is 0 Å². The quantitative estimate of drug-likeness (QED) is 0.659. The molecule has 0 radical (unpaired) electrons. The molecule has 0 bridgehead atoms. The topological polar surface area (TPSA) is 38.0 Å². The van der Waals surface area contributed by atoms with Crippen molar-refractivity contribution in [1.29, 1.82) is 0 Å². The molecule has 2 nitrogen and oxygen atoms in total. The van der Waals surface area contributed by atoms with Crippen LogP contribution in [0.5, 0.6) is 0 Å². The van der Waals surface area contributed by atoms with Gasteiger partial charge in [-0.3, -0.25) is 11.3 Å². The average Bonchev–Trinajstić information content (AvgIpc) is 2.41. The lowest BCUT2D eigenvalue weighted by Gasteiger charge is -2.18. The largest absolute Gasteiger partial charge is 0.271 e. The van der Waals surface area contributed by atoms with E-state index in [1.54, 1.807) is 0 Å². The molecular weight excluding hydrogens is 279 g/mol. The monoisotopic (exact) mass is 294 g/mol. The Morgan fingerprint density at radius 2 is 1.84 bits per heavy atom. The summed E-state index contributed by atoms with van der Waals surface area (Å²) in [6, 6.07) is 13.7. The van der Waals surface area contributed by atoms with Gasteiger partial charge in [0, 0.05) is 10.0 Å². The molecule has 4 heteroatoms. The summed E-state index contributed by atoms with van der Waals surface area (Å²) < 4.78 is 0. The Hall–Kier alpha value is -1.06. The zero-order valence-electron chi connectivity index (χ0n) is 10.7. The number of benzene rings is 2. The first-order valence-corrected chi connectivity index (χ1v) is 6.83. The van der Waals surface area contributed by atoms with Crippen LogP contribution in [-0.4, -0.2) is 0 Å². The summed E-state index contributed by atoms with van der Waals surface area (Å²) in [5.74, 6) is 5.66. The summed E-state index contributed by atoms with van der Waals surface area (Å²) in [5, 5.41) is 1.52. The molecule has 1 atom stereocenters. The fourth-order valence-electron chi connectivity index (χ4n) is 2.04. The van der Waals surface area contributed by atoms with E-state index in [4.69, 9.17) is 29.0 Å².